The van der Waals surface area contributed by atoms with E-state index in [1.807, 2.05) is 19.1 Å². The number of carbonyl (C=O) groups is 3. The van der Waals surface area contributed by atoms with Gasteiger partial charge in [-0.15, -0.1) is 8.78 Å². The Kier molecular flexibility index (Phi) is 8.68. The van der Waals surface area contributed by atoms with Gasteiger partial charge in [0, 0.05) is 24.2 Å². The van der Waals surface area contributed by atoms with Crippen LogP contribution >= 0.6 is 0 Å². The largest absolute Gasteiger partial charge is 0.586 e. The van der Waals surface area contributed by atoms with Gasteiger partial charge >= 0.3 is 12.4 Å². The highest BCUT2D eigenvalue weighted by molar-refractivity contribution is 6.01. The van der Waals surface area contributed by atoms with Gasteiger partial charge in [-0.25, -0.2) is 9.78 Å². The maximum absolute atomic E-state index is 13.5. The molecule has 3 amide bonds. The van der Waals surface area contributed by atoms with Crippen molar-refractivity contribution in [1.29, 1.82) is 0 Å². The van der Waals surface area contributed by atoms with Gasteiger partial charge in [-0.05, 0) is 94.8 Å². The number of amides is 3. The molecule has 238 valence electrons. The third kappa shape index (κ3) is 7.68. The van der Waals surface area contributed by atoms with E-state index < -0.39 is 23.4 Å². The Balaban J connectivity index is 1.18. The van der Waals surface area contributed by atoms with E-state index >= 15 is 0 Å². The number of hydrogen-bond acceptors (Lipinski definition) is 7. The van der Waals surface area contributed by atoms with Crippen LogP contribution in [-0.4, -0.2) is 47.9 Å². The number of nitrogens with one attached hydrogen (secondary N) is 3. The van der Waals surface area contributed by atoms with Crippen molar-refractivity contribution in [3.8, 4) is 22.8 Å². The lowest BCUT2D eigenvalue weighted by Gasteiger charge is -2.19. The first-order chi connectivity index (χ1) is 21.2. The Morgan fingerprint density at radius 1 is 0.933 bits per heavy atom. The Morgan fingerprint density at radius 2 is 1.64 bits per heavy atom. The molecule has 45 heavy (non-hydrogen) atoms. The molecule has 1 aromatic heterocycles. The number of anilines is 1. The second kappa shape index (κ2) is 12.3. The highest BCUT2D eigenvalue weighted by atomic mass is 19.3. The van der Waals surface area contributed by atoms with Crippen LogP contribution in [-0.2, 0) is 14.9 Å². The van der Waals surface area contributed by atoms with Crippen molar-refractivity contribution in [2.45, 2.75) is 70.7 Å². The van der Waals surface area contributed by atoms with Crippen molar-refractivity contribution in [1.82, 2.24) is 15.6 Å². The minimum Gasteiger partial charge on any atom is -0.444 e. The second-order valence-electron chi connectivity index (χ2n) is 12.2. The fraction of sp³-hybridized carbons (Fsp3) is 0.394. The van der Waals surface area contributed by atoms with Crippen molar-refractivity contribution in [2.24, 2.45) is 0 Å². The normalized spacial score (nSPS) is 15.6. The van der Waals surface area contributed by atoms with Crippen molar-refractivity contribution in [2.75, 3.05) is 18.4 Å². The Bertz CT molecular complexity index is 1620. The zero-order chi connectivity index (χ0) is 32.4. The van der Waals surface area contributed by atoms with Gasteiger partial charge in [0.2, 0.25) is 5.91 Å². The summed E-state index contributed by atoms with van der Waals surface area (Å²) in [5.74, 6) is -0.394. The molecule has 5 rings (SSSR count). The number of carbonyl (C=O) groups excluding carboxylic acids is 3. The topological polar surface area (TPSA) is 128 Å². The molecule has 12 heteroatoms. The number of rotatable bonds is 10. The van der Waals surface area contributed by atoms with Crippen LogP contribution in [0.2, 0.25) is 0 Å². The number of alkyl carbamates (subject to hydrolysis) is 1. The van der Waals surface area contributed by atoms with E-state index in [1.54, 1.807) is 51.1 Å². The molecule has 2 aliphatic rings. The second-order valence-corrected chi connectivity index (χ2v) is 12.2. The average Bonchev–Trinajstić information content (AvgIpc) is 3.72. The third-order valence-electron chi connectivity index (χ3n) is 7.43. The molecule has 10 nitrogen and oxygen atoms in total. The summed E-state index contributed by atoms with van der Waals surface area (Å²) in [6, 6.07) is 15.0. The van der Waals surface area contributed by atoms with E-state index in [9.17, 15) is 23.2 Å². The number of aryl methyl sites for hydroxylation is 1. The van der Waals surface area contributed by atoms with Crippen LogP contribution in [0.5, 0.6) is 11.5 Å². The van der Waals surface area contributed by atoms with E-state index in [0.29, 0.717) is 67.0 Å². The quantitative estimate of drug-likeness (QED) is 0.234. The van der Waals surface area contributed by atoms with E-state index in [-0.39, 0.29) is 23.3 Å². The maximum atomic E-state index is 13.5. The predicted octanol–water partition coefficient (Wildman–Crippen LogP) is 6.08. The van der Waals surface area contributed by atoms with Gasteiger partial charge in [0.15, 0.2) is 11.5 Å². The molecular formula is C33H36F2N4O6. The summed E-state index contributed by atoms with van der Waals surface area (Å²) in [4.78, 5) is 42.7. The first kappa shape index (κ1) is 31.7. The van der Waals surface area contributed by atoms with Gasteiger partial charge in [0.1, 0.15) is 11.4 Å². The van der Waals surface area contributed by atoms with E-state index in [0.717, 1.165) is 5.56 Å². The molecule has 3 N–H and O–H groups in total. The van der Waals surface area contributed by atoms with Crippen molar-refractivity contribution in [3.05, 3.63) is 71.3 Å². The third-order valence-corrected chi connectivity index (χ3v) is 7.43. The molecule has 0 radical (unpaired) electrons. The molecule has 2 aromatic carbocycles. The molecule has 3 aromatic rings. The number of pyridine rings is 1. The van der Waals surface area contributed by atoms with Gasteiger partial charge in [-0.1, -0.05) is 24.3 Å². The summed E-state index contributed by atoms with van der Waals surface area (Å²) in [5, 5.41) is 8.47. The number of unbranched alkanes of at least 4 members (excludes halogenated alkanes) is 1. The number of nitrogens with zero attached hydrogens (tertiary/aromatic N) is 1. The summed E-state index contributed by atoms with van der Waals surface area (Å²) in [6.45, 7) is 8.16. The fourth-order valence-corrected chi connectivity index (χ4v) is 5.01. The maximum Gasteiger partial charge on any atom is 0.586 e. The number of ether oxygens (including phenoxy) is 3. The Labute approximate surface area is 259 Å². The number of halogens is 2. The summed E-state index contributed by atoms with van der Waals surface area (Å²) in [5.41, 5.74) is 1.73. The van der Waals surface area contributed by atoms with Crippen molar-refractivity contribution >= 4 is 23.7 Å². The summed E-state index contributed by atoms with van der Waals surface area (Å²) < 4.78 is 41.2. The van der Waals surface area contributed by atoms with Crippen LogP contribution in [0.4, 0.5) is 19.4 Å². The van der Waals surface area contributed by atoms with Gasteiger partial charge in [-0.2, -0.15) is 0 Å². The summed E-state index contributed by atoms with van der Waals surface area (Å²) in [6.07, 6.45) is -1.77. The average molecular weight is 623 g/mol. The van der Waals surface area contributed by atoms with E-state index in [1.165, 1.54) is 12.1 Å². The van der Waals surface area contributed by atoms with Crippen molar-refractivity contribution < 1.29 is 37.4 Å². The summed E-state index contributed by atoms with van der Waals surface area (Å²) in [7, 11) is 0. The molecule has 0 saturated heterocycles. The van der Waals surface area contributed by atoms with Crippen LogP contribution < -0.4 is 25.4 Å². The van der Waals surface area contributed by atoms with Gasteiger partial charge < -0.3 is 30.2 Å². The SMILES string of the molecule is Cc1ccc(NC(=O)C2(c3ccc4c(c3)OC(F)(F)O4)CC2)nc1-c1cccc(C(=O)NCCCCNC(=O)OC(C)(C)C)c1. The molecule has 0 spiro atoms. The van der Waals surface area contributed by atoms with Gasteiger partial charge in [0.05, 0.1) is 11.1 Å². The summed E-state index contributed by atoms with van der Waals surface area (Å²) >= 11 is 0. The minimum atomic E-state index is -3.73. The predicted molar refractivity (Wildman–Crippen MR) is 162 cm³/mol. The van der Waals surface area contributed by atoms with Gasteiger partial charge in [-0.3, -0.25) is 9.59 Å². The molecular weight excluding hydrogens is 586 g/mol. The zero-order valence-corrected chi connectivity index (χ0v) is 25.6. The van der Waals surface area contributed by atoms with Crippen LogP contribution in [0.15, 0.2) is 54.6 Å². The molecule has 0 unspecified atom stereocenters. The highest BCUT2D eigenvalue weighted by Gasteiger charge is 2.53. The number of benzene rings is 2. The number of aromatic nitrogens is 1. The molecule has 1 aliphatic heterocycles. The first-order valence-corrected chi connectivity index (χ1v) is 14.8. The molecule has 0 bridgehead atoms. The van der Waals surface area contributed by atoms with Crippen LogP contribution in [0.25, 0.3) is 11.3 Å². The van der Waals surface area contributed by atoms with Crippen LogP contribution in [0.3, 0.4) is 0 Å². The highest BCUT2D eigenvalue weighted by Crippen LogP contribution is 2.52. The van der Waals surface area contributed by atoms with E-state index in [2.05, 4.69) is 30.4 Å². The Hall–Kier alpha value is -4.74. The minimum absolute atomic E-state index is 0.0756. The first-order valence-electron chi connectivity index (χ1n) is 14.8. The molecule has 1 saturated carbocycles. The molecule has 2 heterocycles. The number of fused-ring (bicyclic) bond motifs is 1. The standard InChI is InChI=1S/C33H36F2N4O6/c1-20-10-13-26(39-29(41)32(14-15-32)23-11-12-24-25(19-23)44-33(34,35)43-24)38-27(20)21-8-7-9-22(18-21)28(40)36-16-5-6-17-37-30(42)45-31(2,3)4/h7-13,18-19H,5-6,14-17H2,1-4H3,(H,36,40)(H,37,42)(H,38,39,41). The zero-order valence-electron chi connectivity index (χ0n) is 25.6. The molecule has 1 fully saturated rings. The number of alkyl halides is 2. The smallest absolute Gasteiger partial charge is 0.444 e. The fourth-order valence-electron chi connectivity index (χ4n) is 5.01. The Morgan fingerprint density at radius 3 is 2.36 bits per heavy atom. The van der Waals surface area contributed by atoms with Gasteiger partial charge in [0.25, 0.3) is 5.91 Å². The lowest BCUT2D eigenvalue weighted by molar-refractivity contribution is -0.286. The monoisotopic (exact) mass is 622 g/mol. The van der Waals surface area contributed by atoms with Crippen LogP contribution in [0.1, 0.15) is 67.9 Å². The van der Waals surface area contributed by atoms with E-state index in [4.69, 9.17) is 4.74 Å². The molecule has 1 aliphatic carbocycles. The lowest BCUT2D eigenvalue weighted by Crippen LogP contribution is -2.33. The van der Waals surface area contributed by atoms with Crippen LogP contribution in [0, 0.1) is 6.92 Å². The number of hydrogen-bond donors (Lipinski definition) is 3. The molecule has 0 atom stereocenters. The van der Waals surface area contributed by atoms with Crippen molar-refractivity contribution in [3.63, 3.8) is 0 Å². The lowest BCUT2D eigenvalue weighted by atomic mass is 9.94.